The summed E-state index contributed by atoms with van der Waals surface area (Å²) in [4.78, 5) is 2.50. The number of rotatable bonds is 4. The summed E-state index contributed by atoms with van der Waals surface area (Å²) in [5, 5.41) is 6.80. The third-order valence-corrected chi connectivity index (χ3v) is 5.51. The van der Waals surface area contributed by atoms with Gasteiger partial charge in [0, 0.05) is 6.04 Å². The first-order chi connectivity index (χ1) is 6.64. The molecule has 2 N–H and O–H groups in total. The fourth-order valence-electron chi connectivity index (χ4n) is 2.31. The zero-order chi connectivity index (χ0) is 10.6. The van der Waals surface area contributed by atoms with Crippen molar-refractivity contribution in [1.82, 2.24) is 15.5 Å². The molecule has 1 saturated carbocycles. The molecule has 0 spiro atoms. The van der Waals surface area contributed by atoms with Gasteiger partial charge in [-0.2, -0.15) is 0 Å². The molecular weight excluding hydrogens is 190 g/mol. The summed E-state index contributed by atoms with van der Waals surface area (Å²) < 4.78 is 0. The highest BCUT2D eigenvalue weighted by Gasteiger charge is 2.30. The first-order valence-corrected chi connectivity index (χ1v) is 6.75. The fourth-order valence-corrected chi connectivity index (χ4v) is 2.68. The second-order valence-electron chi connectivity index (χ2n) is 4.47. The van der Waals surface area contributed by atoms with E-state index in [2.05, 4.69) is 22.6 Å². The first kappa shape index (κ1) is 12.2. The molecule has 1 aliphatic rings. The van der Waals surface area contributed by atoms with Crippen LogP contribution in [0.5, 0.6) is 0 Å². The van der Waals surface area contributed by atoms with Gasteiger partial charge in [-0.1, -0.05) is 19.3 Å². The van der Waals surface area contributed by atoms with Gasteiger partial charge in [0.05, 0.1) is 15.7 Å². The van der Waals surface area contributed by atoms with E-state index in [9.17, 15) is 0 Å². The minimum atomic E-state index is 0.0714. The van der Waals surface area contributed by atoms with Crippen LogP contribution in [-0.2, 0) is 0 Å². The molecule has 84 valence electrons. The molecular formula is C10H25N3Si. The number of nitrogens with zero attached hydrogens (tertiary/aromatic N) is 1. The average molecular weight is 215 g/mol. The highest BCUT2D eigenvalue weighted by Crippen LogP contribution is 2.23. The molecule has 1 fully saturated rings. The third-order valence-electron chi connectivity index (χ3n) is 3.80. The Labute approximate surface area is 91.0 Å². The molecule has 0 bridgehead atoms. The molecule has 0 aromatic rings. The van der Waals surface area contributed by atoms with E-state index < -0.39 is 0 Å². The van der Waals surface area contributed by atoms with E-state index in [1.165, 1.54) is 32.1 Å². The van der Waals surface area contributed by atoms with Gasteiger partial charge in [0.15, 0.2) is 0 Å². The monoisotopic (exact) mass is 215 g/mol. The molecule has 0 aromatic heterocycles. The van der Waals surface area contributed by atoms with Crippen LogP contribution < -0.4 is 10.6 Å². The predicted molar refractivity (Wildman–Crippen MR) is 65.4 cm³/mol. The standard InChI is InChI=1S/C10H25N3Si/c1-11-10(14,12-2)13(3)9-7-5-4-6-8-9/h9,11-12H,4-8H2,1-3,14H3. The van der Waals surface area contributed by atoms with Crippen LogP contribution in [0.1, 0.15) is 32.1 Å². The van der Waals surface area contributed by atoms with Crippen molar-refractivity contribution in [2.75, 3.05) is 21.1 Å². The minimum absolute atomic E-state index is 0.0714. The summed E-state index contributed by atoms with van der Waals surface area (Å²) >= 11 is 0. The summed E-state index contributed by atoms with van der Waals surface area (Å²) in [5.74, 6) is 0. The number of hydrogen-bond acceptors (Lipinski definition) is 3. The van der Waals surface area contributed by atoms with Crippen molar-refractivity contribution in [2.24, 2.45) is 0 Å². The topological polar surface area (TPSA) is 27.3 Å². The highest BCUT2D eigenvalue weighted by atomic mass is 28.1. The van der Waals surface area contributed by atoms with Crippen molar-refractivity contribution >= 4 is 10.2 Å². The van der Waals surface area contributed by atoms with Gasteiger partial charge in [0.25, 0.3) is 0 Å². The SMILES string of the molecule is CNC([SiH3])(NC)N(C)C1CCCCC1. The fraction of sp³-hybridized carbons (Fsp3) is 1.00. The molecule has 14 heavy (non-hydrogen) atoms. The van der Waals surface area contributed by atoms with Crippen molar-refractivity contribution < 1.29 is 0 Å². The van der Waals surface area contributed by atoms with Gasteiger partial charge in [-0.15, -0.1) is 0 Å². The molecule has 0 aromatic carbocycles. The summed E-state index contributed by atoms with van der Waals surface area (Å²) in [6, 6.07) is 0.765. The zero-order valence-electron chi connectivity index (χ0n) is 10.1. The van der Waals surface area contributed by atoms with Crippen LogP contribution in [-0.4, -0.2) is 47.7 Å². The van der Waals surface area contributed by atoms with Crippen LogP contribution in [0.4, 0.5) is 0 Å². The highest BCUT2D eigenvalue weighted by molar-refractivity contribution is 6.14. The van der Waals surface area contributed by atoms with Gasteiger partial charge in [0.2, 0.25) is 0 Å². The average Bonchev–Trinajstić information content (AvgIpc) is 2.28. The number of hydrogen-bond donors (Lipinski definition) is 2. The lowest BCUT2D eigenvalue weighted by Crippen LogP contribution is -2.67. The van der Waals surface area contributed by atoms with Crippen LogP contribution in [0, 0.1) is 0 Å². The molecule has 0 amide bonds. The van der Waals surface area contributed by atoms with Crippen LogP contribution in [0.25, 0.3) is 0 Å². The van der Waals surface area contributed by atoms with Crippen LogP contribution in [0.15, 0.2) is 0 Å². The summed E-state index contributed by atoms with van der Waals surface area (Å²) in [7, 11) is 7.43. The summed E-state index contributed by atoms with van der Waals surface area (Å²) in [6.07, 6.45) is 6.96. The van der Waals surface area contributed by atoms with E-state index in [0.717, 1.165) is 16.3 Å². The summed E-state index contributed by atoms with van der Waals surface area (Å²) in [5.41, 5.74) is 0.0714. The normalized spacial score (nSPS) is 20.6. The van der Waals surface area contributed by atoms with Gasteiger partial charge < -0.3 is 0 Å². The Hall–Kier alpha value is 0.0969. The Kier molecular flexibility index (Phi) is 4.57. The van der Waals surface area contributed by atoms with Gasteiger partial charge in [-0.05, 0) is 34.0 Å². The first-order valence-electron chi connectivity index (χ1n) is 5.75. The van der Waals surface area contributed by atoms with E-state index >= 15 is 0 Å². The third kappa shape index (κ3) is 2.57. The Balaban J connectivity index is 2.56. The quantitative estimate of drug-likeness (QED) is 0.497. The molecule has 3 nitrogen and oxygen atoms in total. The maximum Gasteiger partial charge on any atom is 0.0991 e. The molecule has 0 aliphatic heterocycles. The number of nitrogens with one attached hydrogen (secondary N) is 2. The van der Waals surface area contributed by atoms with E-state index in [-0.39, 0.29) is 5.41 Å². The van der Waals surface area contributed by atoms with Crippen LogP contribution in [0.2, 0.25) is 0 Å². The Bertz CT molecular complexity index is 165. The molecule has 1 rings (SSSR count). The van der Waals surface area contributed by atoms with Gasteiger partial charge in [0.1, 0.15) is 0 Å². The van der Waals surface area contributed by atoms with E-state index in [1.54, 1.807) is 0 Å². The molecule has 0 atom stereocenters. The van der Waals surface area contributed by atoms with Crippen molar-refractivity contribution in [3.63, 3.8) is 0 Å². The van der Waals surface area contributed by atoms with Gasteiger partial charge in [-0.3, -0.25) is 15.5 Å². The van der Waals surface area contributed by atoms with E-state index in [0.29, 0.717) is 0 Å². The van der Waals surface area contributed by atoms with Crippen molar-refractivity contribution in [3.8, 4) is 0 Å². The molecule has 0 saturated heterocycles. The van der Waals surface area contributed by atoms with E-state index in [4.69, 9.17) is 0 Å². The molecule has 0 radical (unpaired) electrons. The summed E-state index contributed by atoms with van der Waals surface area (Å²) in [6.45, 7) is 0. The molecule has 0 heterocycles. The Morgan fingerprint density at radius 2 is 1.64 bits per heavy atom. The maximum absolute atomic E-state index is 3.40. The lowest BCUT2D eigenvalue weighted by Gasteiger charge is -2.44. The van der Waals surface area contributed by atoms with E-state index in [1.807, 2.05) is 14.1 Å². The van der Waals surface area contributed by atoms with Crippen LogP contribution >= 0.6 is 0 Å². The predicted octanol–water partition coefficient (Wildman–Crippen LogP) is -0.334. The zero-order valence-corrected chi connectivity index (χ0v) is 12.1. The molecule has 1 aliphatic carbocycles. The van der Waals surface area contributed by atoms with Crippen molar-refractivity contribution in [3.05, 3.63) is 0 Å². The van der Waals surface area contributed by atoms with Gasteiger partial charge in [-0.25, -0.2) is 0 Å². The van der Waals surface area contributed by atoms with Crippen molar-refractivity contribution in [2.45, 2.75) is 43.6 Å². The minimum Gasteiger partial charge on any atom is -0.294 e. The largest absolute Gasteiger partial charge is 0.294 e. The second-order valence-corrected chi connectivity index (χ2v) is 5.92. The maximum atomic E-state index is 3.40. The lowest BCUT2D eigenvalue weighted by molar-refractivity contribution is 0.0719. The molecule has 0 unspecified atom stereocenters. The van der Waals surface area contributed by atoms with Crippen LogP contribution in [0.3, 0.4) is 0 Å². The molecule has 4 heteroatoms. The lowest BCUT2D eigenvalue weighted by atomic mass is 9.94. The smallest absolute Gasteiger partial charge is 0.0991 e. The van der Waals surface area contributed by atoms with Gasteiger partial charge >= 0.3 is 0 Å². The Morgan fingerprint density at radius 3 is 2.07 bits per heavy atom. The van der Waals surface area contributed by atoms with Crippen molar-refractivity contribution in [1.29, 1.82) is 0 Å². The Morgan fingerprint density at radius 1 is 1.14 bits per heavy atom. The second kappa shape index (κ2) is 5.26.